The first-order chi connectivity index (χ1) is 12.9. The van der Waals surface area contributed by atoms with Crippen molar-refractivity contribution in [3.05, 3.63) is 91.0 Å². The molecule has 0 aliphatic carbocycles. The normalized spacial score (nSPS) is 12.7. The van der Waals surface area contributed by atoms with Gasteiger partial charge in [-0.25, -0.2) is 0 Å². The zero-order valence-electron chi connectivity index (χ0n) is 15.2. The second-order valence-corrected chi connectivity index (χ2v) is 15.7. The third-order valence-electron chi connectivity index (χ3n) is 4.80. The van der Waals surface area contributed by atoms with Gasteiger partial charge in [0, 0.05) is 0 Å². The average molecular weight is 441 g/mol. The molecule has 0 aromatic heterocycles. The summed E-state index contributed by atoms with van der Waals surface area (Å²) in [6, 6.07) is 30.4. The van der Waals surface area contributed by atoms with Crippen LogP contribution >= 0.6 is 20.8 Å². The van der Waals surface area contributed by atoms with Crippen LogP contribution in [0.2, 0.25) is 0 Å². The SMILES string of the molecule is CC(=O)CC(=O)CP(Br)(c1ccccc1)(c1ccccc1)c1ccccc1. The van der Waals surface area contributed by atoms with Gasteiger partial charge in [-0.05, 0) is 0 Å². The fourth-order valence-corrected chi connectivity index (χ4v) is 11.2. The zero-order chi connectivity index (χ0) is 19.4. The van der Waals surface area contributed by atoms with E-state index < -0.39 is 5.31 Å². The molecule has 0 saturated heterocycles. The van der Waals surface area contributed by atoms with Crippen LogP contribution in [0.5, 0.6) is 0 Å². The second-order valence-electron chi connectivity index (χ2n) is 6.77. The third kappa shape index (κ3) is 3.67. The fraction of sp³-hybridized carbons (Fsp3) is 0.130. The van der Waals surface area contributed by atoms with Crippen LogP contribution in [0.1, 0.15) is 13.3 Å². The number of hydrogen-bond acceptors (Lipinski definition) is 2. The number of hydrogen-bond donors (Lipinski definition) is 0. The van der Waals surface area contributed by atoms with Gasteiger partial charge in [0.05, 0.1) is 0 Å². The summed E-state index contributed by atoms with van der Waals surface area (Å²) >= 11 is 4.21. The Kier molecular flexibility index (Phi) is 5.74. The van der Waals surface area contributed by atoms with E-state index >= 15 is 0 Å². The van der Waals surface area contributed by atoms with Gasteiger partial charge in [-0.3, -0.25) is 0 Å². The van der Waals surface area contributed by atoms with Crippen LogP contribution in [-0.2, 0) is 9.59 Å². The molecule has 3 aromatic rings. The van der Waals surface area contributed by atoms with E-state index in [1.165, 1.54) is 6.92 Å². The summed E-state index contributed by atoms with van der Waals surface area (Å²) in [5.74, 6) is -0.152. The maximum absolute atomic E-state index is 13.0. The van der Waals surface area contributed by atoms with Crippen LogP contribution in [0.3, 0.4) is 0 Å². The number of Topliss-reactive ketones (excluding diaryl/α,β-unsaturated/α-hetero) is 2. The number of carbonyl (C=O) groups is 2. The van der Waals surface area contributed by atoms with Gasteiger partial charge in [0.1, 0.15) is 0 Å². The monoisotopic (exact) mass is 440 g/mol. The van der Waals surface area contributed by atoms with Crippen LogP contribution < -0.4 is 15.9 Å². The zero-order valence-corrected chi connectivity index (χ0v) is 17.7. The molecule has 0 bridgehead atoms. The Labute approximate surface area is 168 Å². The Morgan fingerprint density at radius 2 is 1.04 bits per heavy atom. The Morgan fingerprint density at radius 3 is 1.33 bits per heavy atom. The quantitative estimate of drug-likeness (QED) is 0.403. The molecule has 3 rings (SSSR count). The second kappa shape index (κ2) is 7.88. The molecule has 3 aromatic carbocycles. The van der Waals surface area contributed by atoms with Gasteiger partial charge >= 0.3 is 168 Å². The van der Waals surface area contributed by atoms with Gasteiger partial charge in [0.2, 0.25) is 0 Å². The van der Waals surface area contributed by atoms with Crippen LogP contribution in [0.15, 0.2) is 91.0 Å². The molecule has 2 nitrogen and oxygen atoms in total. The molecular formula is C23H22BrO2P. The van der Waals surface area contributed by atoms with Gasteiger partial charge in [-0.15, -0.1) is 0 Å². The topological polar surface area (TPSA) is 34.1 Å². The molecule has 0 fully saturated rings. The van der Waals surface area contributed by atoms with Gasteiger partial charge in [0.15, 0.2) is 0 Å². The summed E-state index contributed by atoms with van der Waals surface area (Å²) in [5, 5.41) is -0.0127. The summed E-state index contributed by atoms with van der Waals surface area (Å²) in [7, 11) is 0. The molecule has 4 heteroatoms. The molecule has 0 unspecified atom stereocenters. The first kappa shape index (κ1) is 19.7. The van der Waals surface area contributed by atoms with E-state index in [9.17, 15) is 9.59 Å². The van der Waals surface area contributed by atoms with Gasteiger partial charge in [-0.1, -0.05) is 0 Å². The fourth-order valence-electron chi connectivity index (χ4n) is 3.60. The van der Waals surface area contributed by atoms with Gasteiger partial charge in [0.25, 0.3) is 0 Å². The Bertz CT molecular complexity index is 840. The van der Waals surface area contributed by atoms with Crippen molar-refractivity contribution in [3.8, 4) is 0 Å². The molecule has 0 saturated carbocycles. The van der Waals surface area contributed by atoms with E-state index in [0.29, 0.717) is 0 Å². The summed E-state index contributed by atoms with van der Waals surface area (Å²) in [6.45, 7) is 1.47. The molecule has 0 heterocycles. The first-order valence-electron chi connectivity index (χ1n) is 8.86. The van der Waals surface area contributed by atoms with Crippen molar-refractivity contribution in [1.82, 2.24) is 0 Å². The standard InChI is InChI=1S/C23H22BrO2P/c1-19(25)17-20(26)18-27(24,21-11-5-2-6-12-21,22-13-7-3-8-14-22)23-15-9-4-10-16-23/h2-16H,17-18H2,1H3. The van der Waals surface area contributed by atoms with Crippen molar-refractivity contribution in [2.75, 3.05) is 6.16 Å². The predicted octanol–water partition coefficient (Wildman–Crippen LogP) is 4.37. The number of ketones is 2. The first-order valence-corrected chi connectivity index (χ1v) is 13.3. The summed E-state index contributed by atoms with van der Waals surface area (Å²) < 4.78 is 0. The molecular weight excluding hydrogens is 419 g/mol. The molecule has 0 atom stereocenters. The Balaban J connectivity index is 2.36. The molecule has 0 amide bonds. The van der Waals surface area contributed by atoms with Crippen molar-refractivity contribution < 1.29 is 9.59 Å². The van der Waals surface area contributed by atoms with E-state index in [-0.39, 0.29) is 24.1 Å². The van der Waals surface area contributed by atoms with Crippen LogP contribution in [-0.4, -0.2) is 17.7 Å². The minimum atomic E-state index is -3.26. The van der Waals surface area contributed by atoms with Gasteiger partial charge in [-0.2, -0.15) is 0 Å². The van der Waals surface area contributed by atoms with Crippen molar-refractivity contribution in [3.63, 3.8) is 0 Å². The van der Waals surface area contributed by atoms with E-state index in [1.807, 2.05) is 54.6 Å². The van der Waals surface area contributed by atoms with Crippen LogP contribution in [0.25, 0.3) is 0 Å². The predicted molar refractivity (Wildman–Crippen MR) is 119 cm³/mol. The number of halogens is 1. The number of carbonyl (C=O) groups excluding carboxylic acids is 2. The van der Waals surface area contributed by atoms with Crippen molar-refractivity contribution >= 4 is 48.3 Å². The molecule has 0 aliphatic heterocycles. The van der Waals surface area contributed by atoms with Gasteiger partial charge < -0.3 is 0 Å². The molecule has 0 radical (unpaired) electrons. The molecule has 0 spiro atoms. The maximum atomic E-state index is 13.0. The van der Waals surface area contributed by atoms with E-state index in [1.54, 1.807) is 0 Å². The third-order valence-corrected chi connectivity index (χ3v) is 14.3. The number of benzene rings is 3. The molecule has 27 heavy (non-hydrogen) atoms. The van der Waals surface area contributed by atoms with Crippen LogP contribution in [0.4, 0.5) is 0 Å². The van der Waals surface area contributed by atoms with Crippen LogP contribution in [0, 0.1) is 0 Å². The van der Waals surface area contributed by atoms with E-state index in [4.69, 9.17) is 0 Å². The molecule has 0 N–H and O–H groups in total. The Morgan fingerprint density at radius 1 is 0.704 bits per heavy atom. The average Bonchev–Trinajstić information content (AvgIpc) is 2.69. The van der Waals surface area contributed by atoms with E-state index in [2.05, 4.69) is 51.9 Å². The summed E-state index contributed by atoms with van der Waals surface area (Å²) in [5.41, 5.74) is 0. The number of rotatable bonds is 7. The van der Waals surface area contributed by atoms with Crippen molar-refractivity contribution in [2.24, 2.45) is 0 Å². The minimum absolute atomic E-state index is 0.0456. The van der Waals surface area contributed by atoms with Crippen molar-refractivity contribution in [2.45, 2.75) is 13.3 Å². The van der Waals surface area contributed by atoms with E-state index in [0.717, 1.165) is 15.9 Å². The molecule has 0 aliphatic rings. The molecule has 138 valence electrons. The van der Waals surface area contributed by atoms with Crippen molar-refractivity contribution in [1.29, 1.82) is 0 Å². The summed E-state index contributed by atoms with van der Waals surface area (Å²) in [6.07, 6.45) is 0.221. The Hall–Kier alpha value is -2.09. The summed E-state index contributed by atoms with van der Waals surface area (Å²) in [4.78, 5) is 24.6.